The molecule has 0 spiro atoms. The zero-order valence-electron chi connectivity index (χ0n) is 10.8. The molecule has 1 aromatic carbocycles. The maximum Gasteiger partial charge on any atom is 0.245 e. The van der Waals surface area contributed by atoms with E-state index < -0.39 is 6.04 Å². The van der Waals surface area contributed by atoms with E-state index in [4.69, 9.17) is 5.73 Å². The van der Waals surface area contributed by atoms with Gasteiger partial charge in [0.05, 0.1) is 6.54 Å². The van der Waals surface area contributed by atoms with E-state index in [0.29, 0.717) is 0 Å². The highest BCUT2D eigenvalue weighted by atomic mass is 16.2. The summed E-state index contributed by atoms with van der Waals surface area (Å²) in [5.41, 5.74) is 8.56. The van der Waals surface area contributed by atoms with Crippen LogP contribution >= 0.6 is 0 Å². The Balaban J connectivity index is 1.65. The highest BCUT2D eigenvalue weighted by molar-refractivity contribution is 6.02. The molecular weight excluding hydrogens is 256 g/mol. The number of carbonyl (C=O) groups excluding carboxylic acids is 1. The summed E-state index contributed by atoms with van der Waals surface area (Å²) in [7, 11) is 0. The summed E-state index contributed by atoms with van der Waals surface area (Å²) in [6.45, 7) is 2.48. The Morgan fingerprint density at radius 2 is 2.25 bits per heavy atom. The number of rotatable bonds is 1. The molecule has 0 fully saturated rings. The molecule has 2 aliphatic rings. The zero-order chi connectivity index (χ0) is 13.7. The third-order valence-corrected chi connectivity index (χ3v) is 3.92. The number of amides is 1. The van der Waals surface area contributed by atoms with Crippen LogP contribution in [0.5, 0.6) is 0 Å². The quantitative estimate of drug-likeness (QED) is 0.775. The lowest BCUT2D eigenvalue weighted by atomic mass is 10.1. The summed E-state index contributed by atoms with van der Waals surface area (Å²) >= 11 is 0. The number of hydrogen-bond donors (Lipinski definition) is 2. The smallest absolute Gasteiger partial charge is 0.245 e. The molecule has 3 heterocycles. The van der Waals surface area contributed by atoms with Crippen LogP contribution < -0.4 is 16.0 Å². The first kappa shape index (κ1) is 11.4. The normalized spacial score (nSPS) is 20.6. The van der Waals surface area contributed by atoms with E-state index in [9.17, 15) is 4.79 Å². The molecule has 1 amide bonds. The summed E-state index contributed by atoms with van der Waals surface area (Å²) in [5.74, 6) is 0.813. The van der Waals surface area contributed by atoms with Gasteiger partial charge in [-0.15, -0.1) is 10.2 Å². The number of benzene rings is 1. The van der Waals surface area contributed by atoms with Crippen molar-refractivity contribution in [2.45, 2.75) is 19.1 Å². The van der Waals surface area contributed by atoms with Gasteiger partial charge in [-0.2, -0.15) is 0 Å². The Hall–Kier alpha value is -2.41. The zero-order valence-corrected chi connectivity index (χ0v) is 10.8. The molecule has 0 saturated carbocycles. The Kier molecular flexibility index (Phi) is 2.31. The molecule has 0 saturated heterocycles. The Morgan fingerprint density at radius 1 is 1.35 bits per heavy atom. The number of aromatic nitrogens is 3. The predicted molar refractivity (Wildman–Crippen MR) is 73.1 cm³/mol. The van der Waals surface area contributed by atoms with Gasteiger partial charge in [0.2, 0.25) is 5.91 Å². The second kappa shape index (κ2) is 4.04. The van der Waals surface area contributed by atoms with Crippen molar-refractivity contribution in [2.24, 2.45) is 5.73 Å². The van der Waals surface area contributed by atoms with Crippen molar-refractivity contribution in [3.05, 3.63) is 35.9 Å². The van der Waals surface area contributed by atoms with Gasteiger partial charge in [-0.1, -0.05) is 6.07 Å². The summed E-state index contributed by atoms with van der Waals surface area (Å²) < 4.78 is 2.06. The van der Waals surface area contributed by atoms with E-state index in [2.05, 4.69) is 25.0 Å². The topological polar surface area (TPSA) is 89.1 Å². The van der Waals surface area contributed by atoms with Crippen molar-refractivity contribution in [2.75, 3.05) is 16.8 Å². The van der Waals surface area contributed by atoms with Crippen molar-refractivity contribution >= 4 is 17.3 Å². The first-order valence-corrected chi connectivity index (χ1v) is 6.54. The second-order valence-electron chi connectivity index (χ2n) is 5.10. The van der Waals surface area contributed by atoms with Crippen LogP contribution in [0.3, 0.4) is 0 Å². The van der Waals surface area contributed by atoms with Gasteiger partial charge in [0, 0.05) is 30.0 Å². The molecule has 1 atom stereocenters. The van der Waals surface area contributed by atoms with Crippen LogP contribution in [0.4, 0.5) is 11.4 Å². The average molecular weight is 270 g/mol. The van der Waals surface area contributed by atoms with Gasteiger partial charge in [-0.25, -0.2) is 0 Å². The summed E-state index contributed by atoms with van der Waals surface area (Å²) in [6, 6.07) is 5.35. The van der Waals surface area contributed by atoms with Gasteiger partial charge in [0.15, 0.2) is 5.82 Å². The lowest BCUT2D eigenvalue weighted by molar-refractivity contribution is -0.116. The van der Waals surface area contributed by atoms with E-state index in [1.807, 2.05) is 18.2 Å². The average Bonchev–Trinajstić information content (AvgIpc) is 3.03. The predicted octanol–water partition coefficient (Wildman–Crippen LogP) is 0.250. The van der Waals surface area contributed by atoms with Gasteiger partial charge in [-0.3, -0.25) is 4.79 Å². The van der Waals surface area contributed by atoms with Crippen LogP contribution in [0, 0.1) is 0 Å². The van der Waals surface area contributed by atoms with Crippen LogP contribution in [0.2, 0.25) is 0 Å². The lowest BCUT2D eigenvalue weighted by Gasteiger charge is -2.29. The van der Waals surface area contributed by atoms with Crippen molar-refractivity contribution in [3.63, 3.8) is 0 Å². The van der Waals surface area contributed by atoms with Crippen LogP contribution in [-0.4, -0.2) is 27.2 Å². The minimum atomic E-state index is -0.552. The number of nitrogens with zero attached hydrogens (tertiary/aromatic N) is 4. The summed E-state index contributed by atoms with van der Waals surface area (Å²) in [5, 5.41) is 10.9. The minimum Gasteiger partial charge on any atom is -0.362 e. The molecule has 0 bridgehead atoms. The molecule has 1 aromatic heterocycles. The number of hydrogen-bond acceptors (Lipinski definition) is 5. The van der Waals surface area contributed by atoms with Crippen molar-refractivity contribution < 1.29 is 4.79 Å². The maximum absolute atomic E-state index is 11.6. The molecule has 4 rings (SSSR count). The van der Waals surface area contributed by atoms with E-state index >= 15 is 0 Å². The fourth-order valence-corrected chi connectivity index (χ4v) is 2.76. The Labute approximate surface area is 115 Å². The molecule has 0 aliphatic carbocycles. The highest BCUT2D eigenvalue weighted by Crippen LogP contribution is 2.33. The van der Waals surface area contributed by atoms with Crippen molar-refractivity contribution in [1.82, 2.24) is 14.8 Å². The first-order chi connectivity index (χ1) is 9.72. The van der Waals surface area contributed by atoms with Gasteiger partial charge >= 0.3 is 0 Å². The molecular formula is C13H14N6O. The Bertz CT molecular complexity index is 694. The van der Waals surface area contributed by atoms with E-state index in [1.54, 1.807) is 6.33 Å². The molecule has 102 valence electrons. The standard InChI is InChI=1S/C13H14N6O/c14-12-9-2-1-8(5-10(9)16-13(12)20)18-3-4-19-7-15-17-11(19)6-18/h1-2,5,7,12H,3-4,6,14H2,(H,16,20). The molecule has 0 radical (unpaired) electrons. The monoisotopic (exact) mass is 270 g/mol. The lowest BCUT2D eigenvalue weighted by Crippen LogP contribution is -2.33. The molecule has 1 unspecified atom stereocenters. The second-order valence-corrected chi connectivity index (χ2v) is 5.10. The fraction of sp³-hybridized carbons (Fsp3) is 0.308. The summed E-state index contributed by atoms with van der Waals surface area (Å²) in [4.78, 5) is 13.8. The van der Waals surface area contributed by atoms with Gasteiger partial charge in [0.1, 0.15) is 12.4 Å². The van der Waals surface area contributed by atoms with Crippen molar-refractivity contribution in [3.8, 4) is 0 Å². The number of fused-ring (bicyclic) bond motifs is 2. The van der Waals surface area contributed by atoms with Crippen molar-refractivity contribution in [1.29, 1.82) is 0 Å². The molecule has 20 heavy (non-hydrogen) atoms. The molecule has 2 aliphatic heterocycles. The molecule has 7 heteroatoms. The molecule has 7 nitrogen and oxygen atoms in total. The third kappa shape index (κ3) is 1.60. The van der Waals surface area contributed by atoms with Gasteiger partial charge in [0.25, 0.3) is 0 Å². The summed E-state index contributed by atoms with van der Waals surface area (Å²) in [6.07, 6.45) is 1.76. The number of nitrogens with two attached hydrogens (primary N) is 1. The van der Waals surface area contributed by atoms with E-state index in [-0.39, 0.29) is 5.91 Å². The van der Waals surface area contributed by atoms with Crippen LogP contribution in [0.1, 0.15) is 17.4 Å². The maximum atomic E-state index is 11.6. The first-order valence-electron chi connectivity index (χ1n) is 6.54. The number of carbonyl (C=O) groups is 1. The minimum absolute atomic E-state index is 0.143. The third-order valence-electron chi connectivity index (χ3n) is 3.92. The molecule has 3 N–H and O–H groups in total. The largest absolute Gasteiger partial charge is 0.362 e. The number of nitrogens with one attached hydrogen (secondary N) is 1. The molecule has 2 aromatic rings. The highest BCUT2D eigenvalue weighted by Gasteiger charge is 2.28. The van der Waals surface area contributed by atoms with Gasteiger partial charge < -0.3 is 20.5 Å². The Morgan fingerprint density at radius 3 is 3.15 bits per heavy atom. The van der Waals surface area contributed by atoms with Crippen LogP contribution in [0.15, 0.2) is 24.5 Å². The van der Waals surface area contributed by atoms with E-state index in [1.165, 1.54) is 0 Å². The fourth-order valence-electron chi connectivity index (χ4n) is 2.76. The van der Waals surface area contributed by atoms with E-state index in [0.717, 1.165) is 42.4 Å². The van der Waals surface area contributed by atoms with Crippen LogP contribution in [0.25, 0.3) is 0 Å². The SMILES string of the molecule is NC1C(=O)Nc2cc(N3CCn4cnnc4C3)ccc21. The number of anilines is 2. The van der Waals surface area contributed by atoms with Crippen LogP contribution in [-0.2, 0) is 17.9 Å². The van der Waals surface area contributed by atoms with Gasteiger partial charge in [-0.05, 0) is 12.1 Å².